The average molecular weight is 419 g/mol. The molecule has 0 aliphatic heterocycles. The van der Waals surface area contributed by atoms with Gasteiger partial charge in [0.2, 0.25) is 0 Å². The van der Waals surface area contributed by atoms with Gasteiger partial charge in [-0.2, -0.15) is 0 Å². The average Bonchev–Trinajstić information content (AvgIpc) is 3.17. The van der Waals surface area contributed by atoms with Crippen molar-refractivity contribution in [3.8, 4) is 5.75 Å². The first-order valence-electron chi connectivity index (χ1n) is 11.3. The summed E-state index contributed by atoms with van der Waals surface area (Å²) in [7, 11) is 0. The maximum atomic E-state index is 6.06. The van der Waals surface area contributed by atoms with Crippen LogP contribution in [-0.2, 0) is 0 Å². The van der Waals surface area contributed by atoms with Crippen molar-refractivity contribution in [1.29, 1.82) is 0 Å². The van der Waals surface area contributed by atoms with Crippen LogP contribution in [0.25, 0.3) is 10.2 Å². The summed E-state index contributed by atoms with van der Waals surface area (Å²) in [5, 5.41) is 0. The first-order valence-corrected chi connectivity index (χ1v) is 12.9. The second-order valence-electron chi connectivity index (χ2n) is 8.32. The van der Waals surface area contributed by atoms with Gasteiger partial charge in [-0.05, 0) is 56.2 Å². The normalized spacial score (nSPS) is 19.5. The van der Waals surface area contributed by atoms with Crippen molar-refractivity contribution in [2.45, 2.75) is 100 Å². The molecule has 0 unspecified atom stereocenters. The molecule has 0 atom stereocenters. The van der Waals surface area contributed by atoms with Gasteiger partial charge in [0.1, 0.15) is 5.75 Å². The van der Waals surface area contributed by atoms with Gasteiger partial charge >= 0.3 is 0 Å². The number of unbranched alkanes of at least 4 members (excludes halogenated alkanes) is 1. The number of ether oxygens (including phenoxy) is 1. The smallest absolute Gasteiger partial charge is 0.166 e. The van der Waals surface area contributed by atoms with Gasteiger partial charge in [0.05, 0.1) is 16.8 Å². The summed E-state index contributed by atoms with van der Waals surface area (Å²) in [6.45, 7) is 3.00. The molecule has 0 spiro atoms. The van der Waals surface area contributed by atoms with Gasteiger partial charge in [-0.3, -0.25) is 0 Å². The van der Waals surface area contributed by atoms with Crippen LogP contribution in [0, 0.1) is 0 Å². The first-order chi connectivity index (χ1) is 13.8. The molecular formula is C23H34N2OS2. The van der Waals surface area contributed by atoms with Crippen LogP contribution in [-0.4, -0.2) is 28.0 Å². The molecule has 3 nitrogen and oxygen atoms in total. The van der Waals surface area contributed by atoms with Gasteiger partial charge in [-0.1, -0.05) is 57.9 Å². The van der Waals surface area contributed by atoms with E-state index in [-0.39, 0.29) is 0 Å². The van der Waals surface area contributed by atoms with Crippen molar-refractivity contribution in [3.63, 3.8) is 0 Å². The molecule has 2 fully saturated rings. The minimum atomic E-state index is 0.731. The molecule has 4 rings (SSSR count). The highest BCUT2D eigenvalue weighted by Crippen LogP contribution is 2.42. The van der Waals surface area contributed by atoms with Gasteiger partial charge in [0.15, 0.2) is 4.34 Å². The Labute approximate surface area is 178 Å². The number of rotatable bonds is 8. The zero-order chi connectivity index (χ0) is 19.2. The third-order valence-electron chi connectivity index (χ3n) is 6.17. The van der Waals surface area contributed by atoms with Gasteiger partial charge < -0.3 is 4.74 Å². The zero-order valence-corrected chi connectivity index (χ0v) is 18.8. The molecule has 1 heterocycles. The molecule has 2 aromatic rings. The predicted octanol–water partition coefficient (Wildman–Crippen LogP) is 7.45. The molecule has 0 bridgehead atoms. The maximum Gasteiger partial charge on any atom is 0.166 e. The van der Waals surface area contributed by atoms with E-state index in [1.54, 1.807) is 0 Å². The molecule has 1 aromatic carbocycles. The summed E-state index contributed by atoms with van der Waals surface area (Å²) < 4.78 is 11.2. The second kappa shape index (κ2) is 10.3. The summed E-state index contributed by atoms with van der Waals surface area (Å²) in [6, 6.07) is 7.78. The Bertz CT molecular complexity index is 717. The number of thiazole rings is 1. The lowest BCUT2D eigenvalue weighted by Crippen LogP contribution is -2.40. The fourth-order valence-corrected chi connectivity index (χ4v) is 7.05. The van der Waals surface area contributed by atoms with Crippen LogP contribution in [0.2, 0.25) is 0 Å². The van der Waals surface area contributed by atoms with E-state index < -0.39 is 0 Å². The second-order valence-corrected chi connectivity index (χ2v) is 10.6. The van der Waals surface area contributed by atoms with Crippen LogP contribution in [0.1, 0.15) is 84.0 Å². The van der Waals surface area contributed by atoms with Crippen LogP contribution in [0.5, 0.6) is 5.75 Å². The van der Waals surface area contributed by atoms with Gasteiger partial charge in [-0.25, -0.2) is 9.29 Å². The molecule has 0 radical (unpaired) electrons. The zero-order valence-electron chi connectivity index (χ0n) is 17.2. The Morgan fingerprint density at radius 2 is 1.71 bits per heavy atom. The molecule has 2 saturated carbocycles. The Kier molecular flexibility index (Phi) is 7.54. The third-order valence-corrected chi connectivity index (χ3v) is 8.58. The van der Waals surface area contributed by atoms with Crippen LogP contribution >= 0.6 is 23.3 Å². The van der Waals surface area contributed by atoms with Crippen LogP contribution in [0.3, 0.4) is 0 Å². The van der Waals surface area contributed by atoms with E-state index in [9.17, 15) is 0 Å². The number of benzene rings is 1. The quantitative estimate of drug-likeness (QED) is 0.328. The molecule has 0 amide bonds. The molecule has 28 heavy (non-hydrogen) atoms. The number of fused-ring (bicyclic) bond motifs is 1. The molecule has 2 aliphatic carbocycles. The summed E-state index contributed by atoms with van der Waals surface area (Å²) >= 11 is 3.77. The Morgan fingerprint density at radius 1 is 1.04 bits per heavy atom. The van der Waals surface area contributed by atoms with E-state index in [1.807, 2.05) is 23.3 Å². The van der Waals surface area contributed by atoms with Crippen molar-refractivity contribution < 1.29 is 4.74 Å². The first kappa shape index (κ1) is 20.5. The van der Waals surface area contributed by atoms with Crippen LogP contribution < -0.4 is 4.74 Å². The fraction of sp³-hybridized carbons (Fsp3) is 0.696. The third kappa shape index (κ3) is 5.03. The van der Waals surface area contributed by atoms with E-state index in [2.05, 4.69) is 29.4 Å². The molecule has 154 valence electrons. The Balaban J connectivity index is 1.53. The van der Waals surface area contributed by atoms with E-state index in [0.717, 1.165) is 42.8 Å². The molecule has 0 saturated heterocycles. The molecule has 2 aliphatic rings. The number of hydrogen-bond donors (Lipinski definition) is 0. The lowest BCUT2D eigenvalue weighted by Gasteiger charge is -2.40. The maximum absolute atomic E-state index is 6.06. The van der Waals surface area contributed by atoms with Crippen LogP contribution in [0.15, 0.2) is 22.5 Å². The van der Waals surface area contributed by atoms with Gasteiger partial charge in [0, 0.05) is 12.1 Å². The standard InChI is InChI=1S/C23H34N2OS2/c1-2-3-17-26-21-16-10-15-20-22(21)27-23(24-20)28-25(18-11-6-4-7-12-18)19-13-8-5-9-14-19/h10,15-16,18-19H,2-9,11-14,17H2,1H3. The highest BCUT2D eigenvalue weighted by molar-refractivity contribution is 7.99. The monoisotopic (exact) mass is 418 g/mol. The van der Waals surface area contributed by atoms with E-state index in [4.69, 9.17) is 9.72 Å². The minimum absolute atomic E-state index is 0.731. The van der Waals surface area contributed by atoms with Crippen LogP contribution in [0.4, 0.5) is 0 Å². The van der Waals surface area contributed by atoms with Gasteiger partial charge in [-0.15, -0.1) is 11.3 Å². The van der Waals surface area contributed by atoms with Crippen molar-refractivity contribution >= 4 is 33.5 Å². The predicted molar refractivity (Wildman–Crippen MR) is 121 cm³/mol. The molecular weight excluding hydrogens is 384 g/mol. The van der Waals surface area contributed by atoms with Crippen molar-refractivity contribution in [2.75, 3.05) is 6.61 Å². The minimum Gasteiger partial charge on any atom is -0.492 e. The SMILES string of the molecule is CCCCOc1cccc2nc(SN(C3CCCCC3)C3CCCCC3)sc12. The molecule has 0 N–H and O–H groups in total. The summed E-state index contributed by atoms with van der Waals surface area (Å²) in [5.74, 6) is 1.01. The highest BCUT2D eigenvalue weighted by atomic mass is 32.2. The fourth-order valence-electron chi connectivity index (χ4n) is 4.59. The summed E-state index contributed by atoms with van der Waals surface area (Å²) in [5.41, 5.74) is 1.09. The molecule has 5 heteroatoms. The highest BCUT2D eigenvalue weighted by Gasteiger charge is 2.30. The van der Waals surface area contributed by atoms with Crippen molar-refractivity contribution in [3.05, 3.63) is 18.2 Å². The van der Waals surface area contributed by atoms with E-state index >= 15 is 0 Å². The summed E-state index contributed by atoms with van der Waals surface area (Å²) in [6.07, 6.45) is 16.1. The number of nitrogens with zero attached hydrogens (tertiary/aromatic N) is 2. The van der Waals surface area contributed by atoms with E-state index in [0.29, 0.717) is 0 Å². The Morgan fingerprint density at radius 3 is 2.36 bits per heavy atom. The van der Waals surface area contributed by atoms with Crippen molar-refractivity contribution in [2.24, 2.45) is 0 Å². The molecule has 1 aromatic heterocycles. The number of aromatic nitrogens is 1. The summed E-state index contributed by atoms with van der Waals surface area (Å²) in [4.78, 5) is 4.99. The lowest BCUT2D eigenvalue weighted by molar-refractivity contribution is 0.185. The van der Waals surface area contributed by atoms with Crippen molar-refractivity contribution in [1.82, 2.24) is 9.29 Å². The van der Waals surface area contributed by atoms with E-state index in [1.165, 1.54) is 73.2 Å². The number of hydrogen-bond acceptors (Lipinski definition) is 5. The lowest BCUT2D eigenvalue weighted by atomic mass is 9.91. The largest absolute Gasteiger partial charge is 0.492 e. The Hall–Kier alpha value is -0.780. The topological polar surface area (TPSA) is 25.4 Å². The van der Waals surface area contributed by atoms with Gasteiger partial charge in [0.25, 0.3) is 0 Å².